The molecule has 1 aliphatic heterocycles. The van der Waals surface area contributed by atoms with Gasteiger partial charge in [-0.25, -0.2) is 4.79 Å². The number of nitrogens with one attached hydrogen (secondary N) is 2. The van der Waals surface area contributed by atoms with E-state index in [1.54, 1.807) is 30.3 Å². The SMILES string of the molecule is Cc1ccc(-c2cc(C(=O)Nc3cccc(N4CCOC4=O)c3)[nH]n2)cc1. The molecule has 1 aromatic heterocycles. The molecule has 0 unspecified atom stereocenters. The van der Waals surface area contributed by atoms with Crippen LogP contribution in [0, 0.1) is 6.92 Å². The molecule has 0 spiro atoms. The first kappa shape index (κ1) is 16.8. The first-order valence-electron chi connectivity index (χ1n) is 8.58. The molecule has 4 rings (SSSR count). The van der Waals surface area contributed by atoms with E-state index in [-0.39, 0.29) is 12.0 Å². The van der Waals surface area contributed by atoms with E-state index in [1.807, 2.05) is 31.2 Å². The number of cyclic esters (lactones) is 1. The summed E-state index contributed by atoms with van der Waals surface area (Å²) in [4.78, 5) is 25.7. The van der Waals surface area contributed by atoms with Crippen LogP contribution in [0.1, 0.15) is 16.1 Å². The molecule has 2 heterocycles. The fourth-order valence-electron chi connectivity index (χ4n) is 2.89. The maximum atomic E-state index is 12.5. The minimum atomic E-state index is -0.380. The van der Waals surface area contributed by atoms with Crippen LogP contribution < -0.4 is 10.2 Å². The molecule has 1 aliphatic rings. The lowest BCUT2D eigenvalue weighted by Gasteiger charge is -2.14. The Morgan fingerprint density at radius 1 is 1.19 bits per heavy atom. The molecule has 0 radical (unpaired) electrons. The number of rotatable bonds is 4. The standard InChI is InChI=1S/C20H18N4O3/c1-13-5-7-14(8-6-13)17-12-18(23-22-17)19(25)21-15-3-2-4-16(11-15)24-9-10-27-20(24)26/h2-8,11-12H,9-10H2,1H3,(H,21,25)(H,22,23). The largest absolute Gasteiger partial charge is 0.447 e. The molecule has 7 heteroatoms. The molecule has 2 amide bonds. The van der Waals surface area contributed by atoms with Crippen LogP contribution in [-0.4, -0.2) is 35.3 Å². The van der Waals surface area contributed by atoms with Gasteiger partial charge in [-0.15, -0.1) is 0 Å². The van der Waals surface area contributed by atoms with Gasteiger partial charge in [0.05, 0.1) is 12.2 Å². The van der Waals surface area contributed by atoms with Crippen LogP contribution in [-0.2, 0) is 4.74 Å². The third-order valence-corrected chi connectivity index (χ3v) is 4.35. The molecule has 2 N–H and O–H groups in total. The Bertz CT molecular complexity index is 994. The van der Waals surface area contributed by atoms with Crippen molar-refractivity contribution in [3.05, 3.63) is 65.9 Å². The molecule has 1 fully saturated rings. The molecule has 136 valence electrons. The van der Waals surface area contributed by atoms with Crippen molar-refractivity contribution in [2.75, 3.05) is 23.4 Å². The van der Waals surface area contributed by atoms with Gasteiger partial charge in [-0.1, -0.05) is 35.9 Å². The zero-order valence-electron chi connectivity index (χ0n) is 14.7. The molecule has 0 saturated carbocycles. The highest BCUT2D eigenvalue weighted by Gasteiger charge is 2.23. The monoisotopic (exact) mass is 362 g/mol. The van der Waals surface area contributed by atoms with E-state index >= 15 is 0 Å². The van der Waals surface area contributed by atoms with Gasteiger partial charge in [0.1, 0.15) is 12.3 Å². The van der Waals surface area contributed by atoms with Crippen molar-refractivity contribution < 1.29 is 14.3 Å². The molecule has 1 saturated heterocycles. The Balaban J connectivity index is 1.50. The number of ether oxygens (including phenoxy) is 1. The van der Waals surface area contributed by atoms with E-state index in [0.717, 1.165) is 11.1 Å². The van der Waals surface area contributed by atoms with Crippen molar-refractivity contribution >= 4 is 23.4 Å². The molecule has 0 bridgehead atoms. The molecular formula is C20H18N4O3. The lowest BCUT2D eigenvalue weighted by molar-refractivity contribution is 0.102. The summed E-state index contributed by atoms with van der Waals surface area (Å²) in [5.74, 6) is -0.304. The minimum Gasteiger partial charge on any atom is -0.447 e. The van der Waals surface area contributed by atoms with Gasteiger partial charge >= 0.3 is 6.09 Å². The number of benzene rings is 2. The summed E-state index contributed by atoms with van der Waals surface area (Å²) in [5.41, 5.74) is 4.42. The molecule has 0 aliphatic carbocycles. The third kappa shape index (κ3) is 3.52. The van der Waals surface area contributed by atoms with Gasteiger partial charge in [-0.3, -0.25) is 14.8 Å². The fraction of sp³-hybridized carbons (Fsp3) is 0.150. The van der Waals surface area contributed by atoms with Crippen LogP contribution in [0.25, 0.3) is 11.3 Å². The van der Waals surface area contributed by atoms with Crippen molar-refractivity contribution in [1.82, 2.24) is 10.2 Å². The highest BCUT2D eigenvalue weighted by Crippen LogP contribution is 2.23. The van der Waals surface area contributed by atoms with Crippen molar-refractivity contribution in [1.29, 1.82) is 0 Å². The van der Waals surface area contributed by atoms with Crippen LogP contribution in [0.5, 0.6) is 0 Å². The normalized spacial score (nSPS) is 13.5. The molecule has 7 nitrogen and oxygen atoms in total. The zero-order chi connectivity index (χ0) is 18.8. The summed E-state index contributed by atoms with van der Waals surface area (Å²) < 4.78 is 4.95. The average Bonchev–Trinajstić information content (AvgIpc) is 3.32. The van der Waals surface area contributed by atoms with E-state index in [4.69, 9.17) is 4.74 Å². The number of hydrogen-bond acceptors (Lipinski definition) is 4. The number of H-pyrrole nitrogens is 1. The fourth-order valence-corrected chi connectivity index (χ4v) is 2.89. The van der Waals surface area contributed by atoms with Gasteiger partial charge < -0.3 is 10.1 Å². The quantitative estimate of drug-likeness (QED) is 0.742. The van der Waals surface area contributed by atoms with Gasteiger partial charge in [-0.05, 0) is 31.2 Å². The number of aryl methyl sites for hydroxylation is 1. The summed E-state index contributed by atoms with van der Waals surface area (Å²) in [6.45, 7) is 2.88. The van der Waals surface area contributed by atoms with Crippen molar-refractivity contribution in [2.45, 2.75) is 6.92 Å². The third-order valence-electron chi connectivity index (χ3n) is 4.35. The number of amides is 2. The Morgan fingerprint density at radius 3 is 2.74 bits per heavy atom. The Kier molecular flexibility index (Phi) is 4.33. The number of carbonyl (C=O) groups is 2. The van der Waals surface area contributed by atoms with Crippen LogP contribution in [0.15, 0.2) is 54.6 Å². The van der Waals surface area contributed by atoms with Crippen LogP contribution in [0.3, 0.4) is 0 Å². The predicted octanol–water partition coefficient (Wildman–Crippen LogP) is 3.59. The summed E-state index contributed by atoms with van der Waals surface area (Å²) in [6.07, 6.45) is -0.380. The first-order chi connectivity index (χ1) is 13.1. The van der Waals surface area contributed by atoms with Gasteiger partial charge in [0, 0.05) is 16.9 Å². The van der Waals surface area contributed by atoms with Crippen molar-refractivity contribution in [3.63, 3.8) is 0 Å². The lowest BCUT2D eigenvalue weighted by atomic mass is 10.1. The Labute approximate surface area is 156 Å². The van der Waals surface area contributed by atoms with Crippen molar-refractivity contribution in [2.24, 2.45) is 0 Å². The number of carbonyl (C=O) groups excluding carboxylic acids is 2. The lowest BCUT2D eigenvalue weighted by Crippen LogP contribution is -2.23. The molecular weight excluding hydrogens is 344 g/mol. The topological polar surface area (TPSA) is 87.3 Å². The molecule has 3 aromatic rings. The second-order valence-electron chi connectivity index (χ2n) is 6.30. The average molecular weight is 362 g/mol. The van der Waals surface area contributed by atoms with Gasteiger partial charge in [-0.2, -0.15) is 5.10 Å². The number of nitrogens with zero attached hydrogens (tertiary/aromatic N) is 2. The second kappa shape index (κ2) is 6.95. The number of anilines is 2. The van der Waals surface area contributed by atoms with E-state index in [2.05, 4.69) is 15.5 Å². The van der Waals surface area contributed by atoms with Gasteiger partial charge in [0.25, 0.3) is 5.91 Å². The van der Waals surface area contributed by atoms with Crippen LogP contribution in [0.4, 0.5) is 16.2 Å². The highest BCUT2D eigenvalue weighted by atomic mass is 16.6. The smallest absolute Gasteiger partial charge is 0.414 e. The number of aromatic amines is 1. The summed E-state index contributed by atoms with van der Waals surface area (Å²) in [7, 11) is 0. The zero-order valence-corrected chi connectivity index (χ0v) is 14.7. The van der Waals surface area contributed by atoms with E-state index in [9.17, 15) is 9.59 Å². The summed E-state index contributed by atoms with van der Waals surface area (Å²) >= 11 is 0. The maximum absolute atomic E-state index is 12.5. The second-order valence-corrected chi connectivity index (χ2v) is 6.30. The van der Waals surface area contributed by atoms with E-state index in [0.29, 0.717) is 35.9 Å². The Hall–Kier alpha value is -3.61. The molecule has 0 atom stereocenters. The van der Waals surface area contributed by atoms with Crippen molar-refractivity contribution in [3.8, 4) is 11.3 Å². The van der Waals surface area contributed by atoms with Gasteiger partial charge in [0.2, 0.25) is 0 Å². The minimum absolute atomic E-state index is 0.304. The molecule has 27 heavy (non-hydrogen) atoms. The number of aromatic nitrogens is 2. The highest BCUT2D eigenvalue weighted by molar-refractivity contribution is 6.04. The summed E-state index contributed by atoms with van der Waals surface area (Å²) in [6, 6.07) is 16.7. The van der Waals surface area contributed by atoms with Crippen LogP contribution in [0.2, 0.25) is 0 Å². The van der Waals surface area contributed by atoms with E-state index < -0.39 is 0 Å². The summed E-state index contributed by atoms with van der Waals surface area (Å²) in [5, 5.41) is 9.80. The van der Waals surface area contributed by atoms with E-state index in [1.165, 1.54) is 4.90 Å². The maximum Gasteiger partial charge on any atom is 0.414 e. The van der Waals surface area contributed by atoms with Crippen LogP contribution >= 0.6 is 0 Å². The predicted molar refractivity (Wildman–Crippen MR) is 102 cm³/mol. The first-order valence-corrected chi connectivity index (χ1v) is 8.58. The van der Waals surface area contributed by atoms with Gasteiger partial charge in [0.15, 0.2) is 0 Å². The number of hydrogen-bond donors (Lipinski definition) is 2. The Morgan fingerprint density at radius 2 is 2.00 bits per heavy atom. The molecule has 2 aromatic carbocycles.